The number of para-hydroxylation sites is 2. The van der Waals surface area contributed by atoms with Crippen molar-refractivity contribution in [3.63, 3.8) is 0 Å². The predicted octanol–water partition coefficient (Wildman–Crippen LogP) is 2.82. The fraction of sp³-hybridized carbons (Fsp3) is 0.278. The van der Waals surface area contributed by atoms with Crippen LogP contribution in [0.25, 0.3) is 0 Å². The second kappa shape index (κ2) is 7.12. The molecule has 2 heterocycles. The molecule has 0 spiro atoms. The van der Waals surface area contributed by atoms with E-state index in [1.54, 1.807) is 41.6 Å². The smallest absolute Gasteiger partial charge is 0.247 e. The molecule has 1 aliphatic heterocycles. The summed E-state index contributed by atoms with van der Waals surface area (Å²) in [6.45, 7) is 2.12. The fourth-order valence-electron chi connectivity index (χ4n) is 2.83. The largest absolute Gasteiger partial charge is 0.454 e. The third kappa shape index (κ3) is 3.53. The number of nitrogens with one attached hydrogen (secondary N) is 1. The van der Waals surface area contributed by atoms with Crippen LogP contribution < -0.4 is 10.1 Å². The maximum atomic E-state index is 12.6. The Morgan fingerprint density at radius 2 is 2.08 bits per heavy atom. The summed E-state index contributed by atoms with van der Waals surface area (Å²) < 4.78 is 5.79. The van der Waals surface area contributed by atoms with E-state index in [1.165, 1.54) is 6.92 Å². The normalized spacial score (nSPS) is 16.7. The summed E-state index contributed by atoms with van der Waals surface area (Å²) >= 11 is 0. The number of pyridine rings is 1. The fourth-order valence-corrected chi connectivity index (χ4v) is 2.83. The lowest BCUT2D eigenvalue weighted by Gasteiger charge is -2.23. The van der Waals surface area contributed by atoms with Crippen molar-refractivity contribution in [1.82, 2.24) is 9.88 Å². The maximum Gasteiger partial charge on any atom is 0.247 e. The number of hydrogen-bond donors (Lipinski definition) is 1. The average Bonchev–Trinajstić information content (AvgIpc) is 3.08. The zero-order chi connectivity index (χ0) is 16.9. The number of carbonyl (C=O) groups is 2. The van der Waals surface area contributed by atoms with Gasteiger partial charge in [-0.1, -0.05) is 12.1 Å². The number of rotatable bonds is 4. The molecule has 6 nitrogen and oxygen atoms in total. The Morgan fingerprint density at radius 1 is 1.25 bits per heavy atom. The highest BCUT2D eigenvalue weighted by Crippen LogP contribution is 2.29. The first kappa shape index (κ1) is 16.0. The van der Waals surface area contributed by atoms with Crippen molar-refractivity contribution < 1.29 is 14.3 Å². The van der Waals surface area contributed by atoms with E-state index < -0.39 is 6.04 Å². The van der Waals surface area contributed by atoms with Crippen LogP contribution in [0.3, 0.4) is 0 Å². The van der Waals surface area contributed by atoms with Crippen molar-refractivity contribution in [1.29, 1.82) is 0 Å². The van der Waals surface area contributed by atoms with Crippen LogP contribution in [0.15, 0.2) is 48.8 Å². The lowest BCUT2D eigenvalue weighted by molar-refractivity contribution is -0.134. The second-order valence-electron chi connectivity index (χ2n) is 5.65. The number of benzene rings is 1. The van der Waals surface area contributed by atoms with Gasteiger partial charge >= 0.3 is 0 Å². The van der Waals surface area contributed by atoms with Gasteiger partial charge in [-0.05, 0) is 37.1 Å². The molecular weight excluding hydrogens is 306 g/mol. The number of likely N-dealkylation sites (tertiary alicyclic amines) is 1. The van der Waals surface area contributed by atoms with Crippen molar-refractivity contribution in [2.45, 2.75) is 25.8 Å². The van der Waals surface area contributed by atoms with E-state index in [1.807, 2.05) is 12.1 Å². The maximum absolute atomic E-state index is 12.6. The van der Waals surface area contributed by atoms with Crippen LogP contribution in [0.1, 0.15) is 19.8 Å². The van der Waals surface area contributed by atoms with Gasteiger partial charge in [0.15, 0.2) is 5.75 Å². The Hall–Kier alpha value is -2.89. The zero-order valence-corrected chi connectivity index (χ0v) is 13.4. The van der Waals surface area contributed by atoms with Gasteiger partial charge in [-0.15, -0.1) is 0 Å². The van der Waals surface area contributed by atoms with Crippen LogP contribution in [0.5, 0.6) is 11.5 Å². The Bertz CT molecular complexity index is 733. The van der Waals surface area contributed by atoms with Crippen LogP contribution in [-0.2, 0) is 9.59 Å². The molecule has 1 aliphatic rings. The first-order chi connectivity index (χ1) is 11.6. The molecule has 1 aromatic carbocycles. The molecule has 1 N–H and O–H groups in total. The number of ether oxygens (including phenoxy) is 1. The van der Waals surface area contributed by atoms with Gasteiger partial charge in [-0.3, -0.25) is 14.6 Å². The van der Waals surface area contributed by atoms with Crippen LogP contribution in [0.4, 0.5) is 5.69 Å². The lowest BCUT2D eigenvalue weighted by Crippen LogP contribution is -2.42. The molecule has 24 heavy (non-hydrogen) atoms. The van der Waals surface area contributed by atoms with E-state index in [-0.39, 0.29) is 11.8 Å². The third-order valence-electron chi connectivity index (χ3n) is 3.97. The average molecular weight is 325 g/mol. The molecule has 3 rings (SSSR count). The van der Waals surface area contributed by atoms with Crippen molar-refractivity contribution in [2.75, 3.05) is 11.9 Å². The molecule has 0 bridgehead atoms. The quantitative estimate of drug-likeness (QED) is 0.938. The summed E-state index contributed by atoms with van der Waals surface area (Å²) in [6, 6.07) is 10.4. The Labute approximate surface area is 140 Å². The Kier molecular flexibility index (Phi) is 4.74. The Balaban J connectivity index is 1.75. The summed E-state index contributed by atoms with van der Waals surface area (Å²) in [6.07, 6.45) is 4.78. The van der Waals surface area contributed by atoms with Gasteiger partial charge in [-0.25, -0.2) is 0 Å². The van der Waals surface area contributed by atoms with Gasteiger partial charge in [0.1, 0.15) is 11.8 Å². The van der Waals surface area contributed by atoms with Gasteiger partial charge < -0.3 is 15.0 Å². The number of carbonyl (C=O) groups excluding carboxylic acids is 2. The molecule has 0 radical (unpaired) electrons. The summed E-state index contributed by atoms with van der Waals surface area (Å²) in [5, 5.41) is 2.88. The molecule has 2 aromatic rings. The molecule has 1 fully saturated rings. The zero-order valence-electron chi connectivity index (χ0n) is 13.4. The van der Waals surface area contributed by atoms with Crippen molar-refractivity contribution in [2.24, 2.45) is 0 Å². The minimum absolute atomic E-state index is 0.0763. The van der Waals surface area contributed by atoms with E-state index in [9.17, 15) is 9.59 Å². The Morgan fingerprint density at radius 3 is 2.83 bits per heavy atom. The van der Waals surface area contributed by atoms with E-state index >= 15 is 0 Å². The van der Waals surface area contributed by atoms with Crippen LogP contribution in [-0.4, -0.2) is 34.3 Å². The van der Waals surface area contributed by atoms with Crippen molar-refractivity contribution >= 4 is 17.5 Å². The van der Waals surface area contributed by atoms with E-state index in [4.69, 9.17) is 4.74 Å². The summed E-state index contributed by atoms with van der Waals surface area (Å²) in [4.78, 5) is 29.8. The molecule has 0 saturated carbocycles. The lowest BCUT2D eigenvalue weighted by atomic mass is 10.2. The van der Waals surface area contributed by atoms with Gasteiger partial charge in [0, 0.05) is 19.7 Å². The van der Waals surface area contributed by atoms with Gasteiger partial charge in [0.2, 0.25) is 11.8 Å². The molecule has 6 heteroatoms. The minimum atomic E-state index is -0.422. The molecule has 0 unspecified atom stereocenters. The number of hydrogen-bond acceptors (Lipinski definition) is 4. The van der Waals surface area contributed by atoms with Crippen molar-refractivity contribution in [3.05, 3.63) is 48.8 Å². The summed E-state index contributed by atoms with van der Waals surface area (Å²) in [7, 11) is 0. The van der Waals surface area contributed by atoms with Crippen LogP contribution in [0, 0.1) is 0 Å². The molecule has 0 aliphatic carbocycles. The number of nitrogens with zero attached hydrogens (tertiary/aromatic N) is 2. The number of amides is 2. The van der Waals surface area contributed by atoms with E-state index in [0.717, 1.165) is 6.42 Å². The third-order valence-corrected chi connectivity index (χ3v) is 3.97. The van der Waals surface area contributed by atoms with Crippen LogP contribution >= 0.6 is 0 Å². The van der Waals surface area contributed by atoms with E-state index in [0.29, 0.717) is 30.2 Å². The molecule has 1 aromatic heterocycles. The standard InChI is InChI=1S/C18H19N3O3/c1-13(22)21-11-5-8-16(21)18(23)20-15-7-2-3-9-17(15)24-14-6-4-10-19-12-14/h2-4,6-7,9-10,12,16H,5,8,11H2,1H3,(H,20,23)/t16-/m1/s1. The minimum Gasteiger partial charge on any atom is -0.454 e. The molecule has 1 saturated heterocycles. The molecule has 124 valence electrons. The van der Waals surface area contributed by atoms with E-state index in [2.05, 4.69) is 10.3 Å². The van der Waals surface area contributed by atoms with Gasteiger partial charge in [0.25, 0.3) is 0 Å². The number of aromatic nitrogens is 1. The molecule has 2 amide bonds. The SMILES string of the molecule is CC(=O)N1CCC[C@@H]1C(=O)Nc1ccccc1Oc1cccnc1. The number of anilines is 1. The molecular formula is C18H19N3O3. The molecule has 1 atom stereocenters. The predicted molar refractivity (Wildman–Crippen MR) is 89.8 cm³/mol. The highest BCUT2D eigenvalue weighted by Gasteiger charge is 2.32. The van der Waals surface area contributed by atoms with Gasteiger partial charge in [-0.2, -0.15) is 0 Å². The highest BCUT2D eigenvalue weighted by molar-refractivity contribution is 5.98. The van der Waals surface area contributed by atoms with Gasteiger partial charge in [0.05, 0.1) is 11.9 Å². The summed E-state index contributed by atoms with van der Waals surface area (Å²) in [5.41, 5.74) is 0.571. The topological polar surface area (TPSA) is 71.5 Å². The summed E-state index contributed by atoms with van der Waals surface area (Å²) in [5.74, 6) is 0.856. The first-order valence-electron chi connectivity index (χ1n) is 7.90. The first-order valence-corrected chi connectivity index (χ1v) is 7.90. The monoisotopic (exact) mass is 325 g/mol. The second-order valence-corrected chi connectivity index (χ2v) is 5.65. The van der Waals surface area contributed by atoms with Crippen molar-refractivity contribution in [3.8, 4) is 11.5 Å². The highest BCUT2D eigenvalue weighted by atomic mass is 16.5. The van der Waals surface area contributed by atoms with Crippen LogP contribution in [0.2, 0.25) is 0 Å².